The van der Waals surface area contributed by atoms with Crippen LogP contribution < -0.4 is 0 Å². The highest BCUT2D eigenvalue weighted by Crippen LogP contribution is 2.56. The largest absolute Gasteiger partial charge is 0.480 e. The normalized spacial score (nSPS) is 24.9. The number of halogens is 4. The zero-order valence-electron chi connectivity index (χ0n) is 20.3. The molecule has 0 amide bonds. The number of carbonyl (C=O) groups is 1. The standard InChI is InChI=1S/C27H30Cl2F2N2O2/c1-5-6-12-33-21(14-26(2,3)4)27(15-32,18-11-10-16(28)13-20(18)30)22(24(33)25(34)35)17-8-7-9-19(29)23(17)31/h7-11,13,21-22,24H,5-6,12,14H2,1-4H3,(H,34,35)/t21-,22-,24+,27-/m0/s1. The highest BCUT2D eigenvalue weighted by atomic mass is 35.5. The molecule has 4 nitrogen and oxygen atoms in total. The van der Waals surface area contributed by atoms with Gasteiger partial charge < -0.3 is 5.11 Å². The minimum atomic E-state index is -1.72. The summed E-state index contributed by atoms with van der Waals surface area (Å²) >= 11 is 12.1. The molecule has 188 valence electrons. The molecule has 0 aromatic heterocycles. The highest BCUT2D eigenvalue weighted by molar-refractivity contribution is 6.31. The summed E-state index contributed by atoms with van der Waals surface area (Å²) in [7, 11) is 0. The second-order valence-corrected chi connectivity index (χ2v) is 11.2. The number of rotatable bonds is 7. The van der Waals surface area contributed by atoms with E-state index < -0.39 is 41.0 Å². The molecule has 1 saturated heterocycles. The summed E-state index contributed by atoms with van der Waals surface area (Å²) in [6.07, 6.45) is 1.84. The summed E-state index contributed by atoms with van der Waals surface area (Å²) in [5.74, 6) is -3.95. The zero-order chi connectivity index (χ0) is 26.1. The molecular weight excluding hydrogens is 493 g/mol. The Morgan fingerprint density at radius 1 is 1.23 bits per heavy atom. The molecule has 4 atom stereocenters. The Balaban J connectivity index is 2.46. The van der Waals surface area contributed by atoms with Gasteiger partial charge in [-0.15, -0.1) is 0 Å². The predicted molar refractivity (Wildman–Crippen MR) is 134 cm³/mol. The molecule has 8 heteroatoms. The maximum absolute atomic E-state index is 15.6. The van der Waals surface area contributed by atoms with Crippen molar-refractivity contribution in [1.82, 2.24) is 4.90 Å². The van der Waals surface area contributed by atoms with Gasteiger partial charge in [0.1, 0.15) is 23.1 Å². The van der Waals surface area contributed by atoms with Gasteiger partial charge in [-0.05, 0) is 48.6 Å². The van der Waals surface area contributed by atoms with E-state index in [-0.39, 0.29) is 26.6 Å². The van der Waals surface area contributed by atoms with Crippen molar-refractivity contribution in [2.75, 3.05) is 6.54 Å². The molecular formula is C27H30Cl2F2N2O2. The van der Waals surface area contributed by atoms with Gasteiger partial charge >= 0.3 is 5.97 Å². The summed E-state index contributed by atoms with van der Waals surface area (Å²) in [4.78, 5) is 14.6. The number of unbranched alkanes of at least 4 members (excludes halogenated alkanes) is 1. The summed E-state index contributed by atoms with van der Waals surface area (Å²) in [6, 6.07) is 8.68. The summed E-state index contributed by atoms with van der Waals surface area (Å²) in [6.45, 7) is 8.29. The van der Waals surface area contributed by atoms with Gasteiger partial charge in [0.15, 0.2) is 0 Å². The van der Waals surface area contributed by atoms with Gasteiger partial charge in [-0.25, -0.2) is 8.78 Å². The molecule has 0 radical (unpaired) electrons. The Labute approximate surface area is 215 Å². The first-order chi connectivity index (χ1) is 16.4. The Bertz CT molecular complexity index is 1140. The first kappa shape index (κ1) is 27.4. The third kappa shape index (κ3) is 5.05. The van der Waals surface area contributed by atoms with E-state index >= 15 is 8.78 Å². The van der Waals surface area contributed by atoms with Crippen molar-refractivity contribution in [2.24, 2.45) is 5.41 Å². The molecule has 0 unspecified atom stereocenters. The van der Waals surface area contributed by atoms with E-state index in [0.717, 1.165) is 12.5 Å². The quantitative estimate of drug-likeness (QED) is 0.417. The van der Waals surface area contributed by atoms with Gasteiger partial charge in [0.25, 0.3) is 0 Å². The van der Waals surface area contributed by atoms with E-state index in [2.05, 4.69) is 6.07 Å². The molecule has 3 rings (SSSR count). The minimum Gasteiger partial charge on any atom is -0.480 e. The molecule has 1 aliphatic heterocycles. The van der Waals surface area contributed by atoms with Crippen LogP contribution in [0, 0.1) is 28.4 Å². The van der Waals surface area contributed by atoms with Crippen LogP contribution in [0.3, 0.4) is 0 Å². The Hall–Kier alpha value is -2.20. The molecule has 2 aromatic carbocycles. The van der Waals surface area contributed by atoms with Crippen molar-refractivity contribution < 1.29 is 18.7 Å². The monoisotopic (exact) mass is 522 g/mol. The molecule has 0 saturated carbocycles. The SMILES string of the molecule is CCCCN1[C@@H](CC(C)(C)C)[C@](C#N)(c2ccc(Cl)cc2F)[C@@H](c2cccc(Cl)c2F)[C@@H]1C(=O)O. The predicted octanol–water partition coefficient (Wildman–Crippen LogP) is 7.19. The van der Waals surface area contributed by atoms with Gasteiger partial charge in [-0.2, -0.15) is 5.26 Å². The zero-order valence-corrected chi connectivity index (χ0v) is 21.8. The smallest absolute Gasteiger partial charge is 0.321 e. The fraction of sp³-hybridized carbons (Fsp3) is 0.481. The summed E-state index contributed by atoms with van der Waals surface area (Å²) in [5, 5.41) is 21.3. The summed E-state index contributed by atoms with van der Waals surface area (Å²) < 4.78 is 31.1. The van der Waals surface area contributed by atoms with Crippen molar-refractivity contribution in [3.05, 3.63) is 69.2 Å². The minimum absolute atomic E-state index is 0.00766. The number of aliphatic carboxylic acids is 1. The van der Waals surface area contributed by atoms with Crippen molar-refractivity contribution in [2.45, 2.75) is 70.4 Å². The second-order valence-electron chi connectivity index (χ2n) is 10.4. The van der Waals surface area contributed by atoms with Gasteiger partial charge in [-0.1, -0.05) is 75.5 Å². The van der Waals surface area contributed by atoms with Crippen LogP contribution in [0.25, 0.3) is 0 Å². The molecule has 2 aromatic rings. The van der Waals surface area contributed by atoms with E-state index in [1.54, 1.807) is 4.90 Å². The van der Waals surface area contributed by atoms with Crippen LogP contribution in [0.15, 0.2) is 36.4 Å². The van der Waals surface area contributed by atoms with Gasteiger partial charge in [0, 0.05) is 22.5 Å². The first-order valence-electron chi connectivity index (χ1n) is 11.7. The van der Waals surface area contributed by atoms with Gasteiger partial charge in [0.2, 0.25) is 0 Å². The van der Waals surface area contributed by atoms with E-state index in [1.165, 1.54) is 30.3 Å². The maximum atomic E-state index is 15.6. The lowest BCUT2D eigenvalue weighted by molar-refractivity contribution is -0.143. The van der Waals surface area contributed by atoms with Crippen LogP contribution in [0.2, 0.25) is 10.0 Å². The van der Waals surface area contributed by atoms with E-state index in [1.807, 2.05) is 27.7 Å². The Morgan fingerprint density at radius 2 is 1.91 bits per heavy atom. The van der Waals surface area contributed by atoms with Crippen LogP contribution >= 0.6 is 23.2 Å². The number of carboxylic acids is 1. The van der Waals surface area contributed by atoms with Crippen LogP contribution in [-0.4, -0.2) is 34.6 Å². The number of hydrogen-bond donors (Lipinski definition) is 1. The lowest BCUT2D eigenvalue weighted by Crippen LogP contribution is -2.47. The average molecular weight is 523 g/mol. The fourth-order valence-corrected chi connectivity index (χ4v) is 5.77. The molecule has 1 fully saturated rings. The van der Waals surface area contributed by atoms with Crippen molar-refractivity contribution in [3.63, 3.8) is 0 Å². The second kappa shape index (κ2) is 10.4. The fourth-order valence-electron chi connectivity index (χ4n) is 5.43. The lowest BCUT2D eigenvalue weighted by atomic mass is 9.62. The third-order valence-corrected chi connectivity index (χ3v) is 7.32. The van der Waals surface area contributed by atoms with Gasteiger partial charge in [-0.3, -0.25) is 9.69 Å². The van der Waals surface area contributed by atoms with E-state index in [0.29, 0.717) is 19.4 Å². The van der Waals surface area contributed by atoms with Crippen molar-refractivity contribution in [1.29, 1.82) is 5.26 Å². The highest BCUT2D eigenvalue weighted by Gasteiger charge is 2.64. The average Bonchev–Trinajstić information content (AvgIpc) is 3.03. The molecule has 0 aliphatic carbocycles. The van der Waals surface area contributed by atoms with Crippen LogP contribution in [0.1, 0.15) is 64.0 Å². The molecule has 0 spiro atoms. The Morgan fingerprint density at radius 3 is 2.46 bits per heavy atom. The molecule has 0 bridgehead atoms. The van der Waals surface area contributed by atoms with E-state index in [9.17, 15) is 15.2 Å². The lowest BCUT2D eigenvalue weighted by Gasteiger charge is -2.39. The number of hydrogen-bond acceptors (Lipinski definition) is 3. The summed E-state index contributed by atoms with van der Waals surface area (Å²) in [5.41, 5.74) is -2.07. The molecule has 35 heavy (non-hydrogen) atoms. The first-order valence-corrected chi connectivity index (χ1v) is 12.4. The topological polar surface area (TPSA) is 64.3 Å². The van der Waals surface area contributed by atoms with Crippen LogP contribution in [0.4, 0.5) is 8.78 Å². The van der Waals surface area contributed by atoms with Crippen molar-refractivity contribution in [3.8, 4) is 6.07 Å². The van der Waals surface area contributed by atoms with E-state index in [4.69, 9.17) is 23.2 Å². The number of benzene rings is 2. The third-order valence-electron chi connectivity index (χ3n) is 6.80. The molecule has 1 heterocycles. The number of nitrogens with zero attached hydrogens (tertiary/aromatic N) is 2. The maximum Gasteiger partial charge on any atom is 0.321 e. The van der Waals surface area contributed by atoms with Gasteiger partial charge in [0.05, 0.1) is 11.1 Å². The number of nitriles is 1. The van der Waals surface area contributed by atoms with Crippen molar-refractivity contribution >= 4 is 29.2 Å². The molecule has 1 aliphatic rings. The van der Waals surface area contributed by atoms with Crippen LogP contribution in [-0.2, 0) is 10.2 Å². The van der Waals surface area contributed by atoms with Crippen LogP contribution in [0.5, 0.6) is 0 Å². The Kier molecular flexibility index (Phi) is 8.16. The number of likely N-dealkylation sites (tertiary alicyclic amines) is 1. The number of carboxylic acid groups (broad SMARTS) is 1. The molecule has 1 N–H and O–H groups in total.